The van der Waals surface area contributed by atoms with Crippen molar-refractivity contribution in [2.75, 3.05) is 5.43 Å². The number of H-pyrrole nitrogens is 1. The maximum Gasteiger partial charge on any atom is 0.222 e. The lowest BCUT2D eigenvalue weighted by molar-refractivity contribution is 0.525. The van der Waals surface area contributed by atoms with E-state index in [1.807, 2.05) is 50.2 Å². The summed E-state index contributed by atoms with van der Waals surface area (Å²) in [4.78, 5) is 7.53. The van der Waals surface area contributed by atoms with E-state index in [9.17, 15) is 0 Å². The maximum absolute atomic E-state index is 5.49. The van der Waals surface area contributed by atoms with Gasteiger partial charge in [-0.15, -0.1) is 0 Å². The van der Waals surface area contributed by atoms with Gasteiger partial charge in [-0.3, -0.25) is 0 Å². The highest BCUT2D eigenvalue weighted by Gasteiger charge is 2.04. The van der Waals surface area contributed by atoms with Crippen LogP contribution in [-0.4, -0.2) is 15.7 Å². The van der Waals surface area contributed by atoms with Crippen LogP contribution in [0.15, 0.2) is 45.9 Å². The SMILES string of the molecule is C/C(=N\Nc1nc2ccccc2[nH]1)c1ccc(C)o1. The summed E-state index contributed by atoms with van der Waals surface area (Å²) < 4.78 is 5.49. The molecule has 5 heteroatoms. The average Bonchev–Trinajstić information content (AvgIpc) is 3.01. The Morgan fingerprint density at radius 1 is 1.26 bits per heavy atom. The van der Waals surface area contributed by atoms with Crippen molar-refractivity contribution >= 4 is 22.7 Å². The quantitative estimate of drug-likeness (QED) is 0.556. The molecule has 0 atom stereocenters. The van der Waals surface area contributed by atoms with Gasteiger partial charge in [0.1, 0.15) is 17.2 Å². The molecule has 3 aromatic rings. The van der Waals surface area contributed by atoms with Crippen LogP contribution in [0.3, 0.4) is 0 Å². The zero-order valence-electron chi connectivity index (χ0n) is 10.8. The number of hydrazone groups is 1. The molecule has 0 unspecified atom stereocenters. The molecule has 0 fully saturated rings. The number of hydrogen-bond acceptors (Lipinski definition) is 4. The Labute approximate surface area is 110 Å². The van der Waals surface area contributed by atoms with Gasteiger partial charge >= 0.3 is 0 Å². The standard InChI is InChI=1S/C14H14N4O/c1-9-7-8-13(19-9)10(2)17-18-14-15-11-5-3-4-6-12(11)16-14/h3-8H,1-2H3,(H2,15,16,18)/b17-10+. The molecular formula is C14H14N4O. The number of anilines is 1. The fourth-order valence-electron chi connectivity index (χ4n) is 1.83. The molecule has 0 radical (unpaired) electrons. The molecule has 0 bridgehead atoms. The summed E-state index contributed by atoms with van der Waals surface area (Å²) >= 11 is 0. The summed E-state index contributed by atoms with van der Waals surface area (Å²) in [6, 6.07) is 11.6. The number of aryl methyl sites for hydroxylation is 1. The summed E-state index contributed by atoms with van der Waals surface area (Å²) in [6.45, 7) is 3.79. The minimum absolute atomic E-state index is 0.615. The van der Waals surface area contributed by atoms with E-state index in [-0.39, 0.29) is 0 Å². The number of fused-ring (bicyclic) bond motifs is 1. The Morgan fingerprint density at radius 2 is 2.11 bits per heavy atom. The van der Waals surface area contributed by atoms with Crippen molar-refractivity contribution in [3.05, 3.63) is 47.9 Å². The van der Waals surface area contributed by atoms with Crippen molar-refractivity contribution in [3.8, 4) is 0 Å². The zero-order chi connectivity index (χ0) is 13.2. The van der Waals surface area contributed by atoms with E-state index in [0.29, 0.717) is 5.95 Å². The Balaban J connectivity index is 1.81. The summed E-state index contributed by atoms with van der Waals surface area (Å²) in [5, 5.41) is 4.25. The van der Waals surface area contributed by atoms with Gasteiger partial charge in [-0.25, -0.2) is 10.4 Å². The van der Waals surface area contributed by atoms with Crippen molar-refractivity contribution in [3.63, 3.8) is 0 Å². The van der Waals surface area contributed by atoms with Gasteiger partial charge in [-0.2, -0.15) is 5.10 Å². The molecule has 3 rings (SSSR count). The van der Waals surface area contributed by atoms with E-state index < -0.39 is 0 Å². The molecule has 96 valence electrons. The zero-order valence-corrected chi connectivity index (χ0v) is 10.8. The van der Waals surface area contributed by atoms with E-state index in [0.717, 1.165) is 28.3 Å². The van der Waals surface area contributed by atoms with Crippen LogP contribution in [0.5, 0.6) is 0 Å². The number of imidazole rings is 1. The van der Waals surface area contributed by atoms with E-state index in [2.05, 4.69) is 20.5 Å². The minimum Gasteiger partial charge on any atom is -0.460 e. The average molecular weight is 254 g/mol. The number of rotatable bonds is 3. The molecule has 0 spiro atoms. The van der Waals surface area contributed by atoms with Crippen molar-refractivity contribution < 1.29 is 4.42 Å². The molecule has 0 saturated heterocycles. The first-order chi connectivity index (χ1) is 9.22. The van der Waals surface area contributed by atoms with Gasteiger partial charge in [0, 0.05) is 0 Å². The molecule has 0 amide bonds. The summed E-state index contributed by atoms with van der Waals surface area (Å²) in [7, 11) is 0. The summed E-state index contributed by atoms with van der Waals surface area (Å²) in [6.07, 6.45) is 0. The van der Waals surface area contributed by atoms with Gasteiger partial charge in [0.2, 0.25) is 5.95 Å². The number of nitrogens with one attached hydrogen (secondary N) is 2. The second-order valence-electron chi connectivity index (χ2n) is 4.32. The van der Waals surface area contributed by atoms with Crippen LogP contribution in [0.1, 0.15) is 18.4 Å². The van der Waals surface area contributed by atoms with Gasteiger partial charge in [0.05, 0.1) is 11.0 Å². The highest BCUT2D eigenvalue weighted by Crippen LogP contribution is 2.13. The van der Waals surface area contributed by atoms with Crippen LogP contribution in [0.2, 0.25) is 0 Å². The number of hydrogen-bond donors (Lipinski definition) is 2. The Hall–Kier alpha value is -2.56. The van der Waals surface area contributed by atoms with Gasteiger partial charge in [-0.1, -0.05) is 12.1 Å². The van der Waals surface area contributed by atoms with Crippen LogP contribution < -0.4 is 5.43 Å². The van der Waals surface area contributed by atoms with Crippen molar-refractivity contribution in [1.29, 1.82) is 0 Å². The summed E-state index contributed by atoms with van der Waals surface area (Å²) in [5.74, 6) is 2.23. The lowest BCUT2D eigenvalue weighted by atomic mass is 10.3. The predicted molar refractivity (Wildman–Crippen MR) is 75.4 cm³/mol. The number of para-hydroxylation sites is 2. The first-order valence-corrected chi connectivity index (χ1v) is 6.04. The first kappa shape index (κ1) is 11.5. The monoisotopic (exact) mass is 254 g/mol. The molecule has 2 N–H and O–H groups in total. The fraction of sp³-hybridized carbons (Fsp3) is 0.143. The molecule has 0 aliphatic carbocycles. The Bertz CT molecular complexity index is 706. The Kier molecular flexibility index (Phi) is 2.79. The third-order valence-corrected chi connectivity index (χ3v) is 2.82. The smallest absolute Gasteiger partial charge is 0.222 e. The van der Waals surface area contributed by atoms with Crippen molar-refractivity contribution in [1.82, 2.24) is 9.97 Å². The van der Waals surface area contributed by atoms with Crippen molar-refractivity contribution in [2.24, 2.45) is 5.10 Å². The summed E-state index contributed by atoms with van der Waals surface area (Å²) in [5.41, 5.74) is 5.56. The van der Waals surface area contributed by atoms with Gasteiger partial charge in [0.25, 0.3) is 0 Å². The minimum atomic E-state index is 0.615. The maximum atomic E-state index is 5.49. The lowest BCUT2D eigenvalue weighted by Gasteiger charge is -1.97. The van der Waals surface area contributed by atoms with Gasteiger partial charge in [0.15, 0.2) is 0 Å². The van der Waals surface area contributed by atoms with E-state index in [1.54, 1.807) is 0 Å². The second-order valence-corrected chi connectivity index (χ2v) is 4.32. The van der Waals surface area contributed by atoms with Crippen LogP contribution >= 0.6 is 0 Å². The molecule has 0 saturated carbocycles. The van der Waals surface area contributed by atoms with Crippen molar-refractivity contribution in [2.45, 2.75) is 13.8 Å². The molecule has 2 aromatic heterocycles. The Morgan fingerprint density at radius 3 is 2.84 bits per heavy atom. The molecule has 0 aliphatic heterocycles. The molecule has 5 nitrogen and oxygen atoms in total. The second kappa shape index (κ2) is 4.61. The number of benzene rings is 1. The van der Waals surface area contributed by atoms with E-state index in [1.165, 1.54) is 0 Å². The van der Waals surface area contributed by atoms with Crippen LogP contribution in [0.4, 0.5) is 5.95 Å². The molecule has 2 heterocycles. The van der Waals surface area contributed by atoms with Crippen LogP contribution in [-0.2, 0) is 0 Å². The van der Waals surface area contributed by atoms with Gasteiger partial charge in [-0.05, 0) is 38.1 Å². The normalized spacial score (nSPS) is 12.0. The predicted octanol–water partition coefficient (Wildman–Crippen LogP) is 3.30. The molecular weight excluding hydrogens is 240 g/mol. The molecule has 1 aromatic carbocycles. The fourth-order valence-corrected chi connectivity index (χ4v) is 1.83. The topological polar surface area (TPSA) is 66.2 Å². The number of aromatic amines is 1. The largest absolute Gasteiger partial charge is 0.460 e. The lowest BCUT2D eigenvalue weighted by Crippen LogP contribution is -1.99. The molecule has 0 aliphatic rings. The van der Waals surface area contributed by atoms with Gasteiger partial charge < -0.3 is 9.40 Å². The number of furan rings is 1. The highest BCUT2D eigenvalue weighted by atomic mass is 16.3. The van der Waals surface area contributed by atoms with Crippen LogP contribution in [0, 0.1) is 6.92 Å². The van der Waals surface area contributed by atoms with E-state index in [4.69, 9.17) is 4.42 Å². The third kappa shape index (κ3) is 2.35. The van der Waals surface area contributed by atoms with Crippen LogP contribution in [0.25, 0.3) is 11.0 Å². The number of aromatic nitrogens is 2. The first-order valence-electron chi connectivity index (χ1n) is 6.04. The highest BCUT2D eigenvalue weighted by molar-refractivity contribution is 5.96. The number of nitrogens with zero attached hydrogens (tertiary/aromatic N) is 2. The third-order valence-electron chi connectivity index (χ3n) is 2.82. The van der Waals surface area contributed by atoms with E-state index >= 15 is 0 Å². The molecule has 19 heavy (non-hydrogen) atoms.